The molecular formula is C30H32Cl3NO5S. The van der Waals surface area contributed by atoms with Crippen molar-refractivity contribution in [2.45, 2.75) is 42.4 Å². The lowest BCUT2D eigenvalue weighted by molar-refractivity contribution is -0.268. The first-order chi connectivity index (χ1) is 19.2. The van der Waals surface area contributed by atoms with Crippen LogP contribution in [0, 0.1) is 5.92 Å². The van der Waals surface area contributed by atoms with Gasteiger partial charge < -0.3 is 25.0 Å². The number of thioether (sulfide) groups is 1. The van der Waals surface area contributed by atoms with Gasteiger partial charge in [-0.3, -0.25) is 4.79 Å². The number of benzene rings is 3. The van der Waals surface area contributed by atoms with E-state index in [2.05, 4.69) is 12.2 Å². The number of aliphatic hydroxyl groups excluding tert-OH is 2. The normalized spacial score (nSPS) is 21.2. The SMILES string of the molecule is C[C@H]1[C@@H](CSCCO)O[C@@H](c2ccc(-c3ccccc3CNC(=O)C(Cl)(Cl)Cl)cc2)O[C@H]1c1ccc(CO)cc1. The van der Waals surface area contributed by atoms with Crippen LogP contribution in [0.15, 0.2) is 72.8 Å². The molecule has 1 amide bonds. The summed E-state index contributed by atoms with van der Waals surface area (Å²) in [6.07, 6.45) is -0.862. The summed E-state index contributed by atoms with van der Waals surface area (Å²) in [6, 6.07) is 23.5. The van der Waals surface area contributed by atoms with E-state index in [1.165, 1.54) is 0 Å². The van der Waals surface area contributed by atoms with E-state index in [-0.39, 0.29) is 37.9 Å². The van der Waals surface area contributed by atoms with Crippen LogP contribution in [0.4, 0.5) is 0 Å². The van der Waals surface area contributed by atoms with E-state index in [1.54, 1.807) is 11.8 Å². The lowest BCUT2D eigenvalue weighted by Gasteiger charge is -2.41. The molecule has 214 valence electrons. The van der Waals surface area contributed by atoms with Gasteiger partial charge in [0.25, 0.3) is 9.70 Å². The molecule has 40 heavy (non-hydrogen) atoms. The molecule has 0 radical (unpaired) electrons. The third-order valence-electron chi connectivity index (χ3n) is 6.85. The van der Waals surface area contributed by atoms with Crippen LogP contribution < -0.4 is 5.32 Å². The Morgan fingerprint density at radius 2 is 1.62 bits per heavy atom. The summed E-state index contributed by atoms with van der Waals surface area (Å²) in [6.45, 7) is 2.44. The quantitative estimate of drug-likeness (QED) is 0.180. The molecule has 0 unspecified atom stereocenters. The maximum atomic E-state index is 12.0. The standard InChI is InChI=1S/C30H32Cl3NO5S/c1-19-26(18-40-15-14-35)38-28(39-27(19)22-8-6-20(17-36)7-9-22)23-12-10-21(11-13-23)25-5-3-2-4-24(25)16-34-29(37)30(31,32)33/h2-13,19,26-28,35-36H,14-18H2,1H3,(H,34,37)/t19-,26+,27+,28+/m0/s1. The summed E-state index contributed by atoms with van der Waals surface area (Å²) in [5, 5.41) is 21.4. The Morgan fingerprint density at radius 3 is 2.27 bits per heavy atom. The number of halogens is 3. The molecule has 3 N–H and O–H groups in total. The number of rotatable bonds is 10. The second-order valence-electron chi connectivity index (χ2n) is 9.58. The van der Waals surface area contributed by atoms with Crippen molar-refractivity contribution >= 4 is 52.5 Å². The molecule has 0 spiro atoms. The number of hydrogen-bond donors (Lipinski definition) is 3. The molecule has 1 heterocycles. The highest BCUT2D eigenvalue weighted by Crippen LogP contribution is 2.42. The summed E-state index contributed by atoms with van der Waals surface area (Å²) in [5.74, 6) is 0.773. The fraction of sp³-hybridized carbons (Fsp3) is 0.367. The van der Waals surface area contributed by atoms with Crippen LogP contribution in [0.25, 0.3) is 11.1 Å². The van der Waals surface area contributed by atoms with E-state index in [4.69, 9.17) is 44.3 Å². The zero-order chi connectivity index (χ0) is 28.7. The monoisotopic (exact) mass is 623 g/mol. The Labute approximate surface area is 253 Å². The summed E-state index contributed by atoms with van der Waals surface area (Å²) in [7, 11) is 0. The van der Waals surface area contributed by atoms with Crippen molar-refractivity contribution in [1.82, 2.24) is 5.32 Å². The van der Waals surface area contributed by atoms with Crippen LogP contribution in [0.3, 0.4) is 0 Å². The Balaban J connectivity index is 1.55. The van der Waals surface area contributed by atoms with Crippen molar-refractivity contribution in [1.29, 1.82) is 0 Å². The minimum absolute atomic E-state index is 0.0116. The number of hydrogen-bond acceptors (Lipinski definition) is 6. The second-order valence-corrected chi connectivity index (χ2v) is 13.0. The predicted octanol–water partition coefficient (Wildman–Crippen LogP) is 6.35. The Hall–Kier alpha value is -1.81. The zero-order valence-corrected chi connectivity index (χ0v) is 25.0. The van der Waals surface area contributed by atoms with Gasteiger partial charge in [-0.2, -0.15) is 11.8 Å². The fourth-order valence-electron chi connectivity index (χ4n) is 4.63. The average Bonchev–Trinajstić information content (AvgIpc) is 2.96. The van der Waals surface area contributed by atoms with Crippen LogP contribution >= 0.6 is 46.6 Å². The minimum atomic E-state index is -2.03. The van der Waals surface area contributed by atoms with E-state index in [0.29, 0.717) is 5.75 Å². The van der Waals surface area contributed by atoms with E-state index in [9.17, 15) is 15.0 Å². The first-order valence-corrected chi connectivity index (χ1v) is 15.2. The van der Waals surface area contributed by atoms with Gasteiger partial charge in [0.15, 0.2) is 6.29 Å². The van der Waals surface area contributed by atoms with Gasteiger partial charge in [0.05, 0.1) is 25.4 Å². The lowest BCUT2D eigenvalue weighted by atomic mass is 9.91. The van der Waals surface area contributed by atoms with Crippen molar-refractivity contribution in [2.24, 2.45) is 5.92 Å². The second kappa shape index (κ2) is 14.4. The van der Waals surface area contributed by atoms with E-state index in [1.807, 2.05) is 72.8 Å². The van der Waals surface area contributed by atoms with Gasteiger partial charge in [-0.25, -0.2) is 0 Å². The van der Waals surface area contributed by atoms with Gasteiger partial charge in [0, 0.05) is 29.5 Å². The van der Waals surface area contributed by atoms with Gasteiger partial charge in [-0.15, -0.1) is 0 Å². The topological polar surface area (TPSA) is 88.0 Å². The summed E-state index contributed by atoms with van der Waals surface area (Å²) in [5.41, 5.74) is 5.53. The van der Waals surface area contributed by atoms with Gasteiger partial charge in [0.2, 0.25) is 0 Å². The fourth-order valence-corrected chi connectivity index (χ4v) is 5.74. The van der Waals surface area contributed by atoms with Crippen LogP contribution in [0.2, 0.25) is 0 Å². The lowest BCUT2D eigenvalue weighted by Crippen LogP contribution is -2.38. The molecule has 0 aromatic heterocycles. The number of alkyl halides is 3. The molecule has 1 aliphatic rings. The zero-order valence-electron chi connectivity index (χ0n) is 21.9. The molecule has 3 aromatic rings. The van der Waals surface area contributed by atoms with Gasteiger partial charge in [0.1, 0.15) is 0 Å². The maximum absolute atomic E-state index is 12.0. The first kappa shape index (κ1) is 31.1. The van der Waals surface area contributed by atoms with Crippen molar-refractivity contribution in [3.63, 3.8) is 0 Å². The summed E-state index contributed by atoms with van der Waals surface area (Å²) >= 11 is 18.7. The van der Waals surface area contributed by atoms with E-state index >= 15 is 0 Å². The first-order valence-electron chi connectivity index (χ1n) is 12.9. The van der Waals surface area contributed by atoms with Crippen molar-refractivity contribution in [3.8, 4) is 11.1 Å². The molecule has 0 saturated carbocycles. The average molecular weight is 625 g/mol. The van der Waals surface area contributed by atoms with Gasteiger partial charge in [-0.05, 0) is 27.8 Å². The number of carbonyl (C=O) groups is 1. The molecule has 1 fully saturated rings. The van der Waals surface area contributed by atoms with E-state index < -0.39 is 16.0 Å². The van der Waals surface area contributed by atoms with Crippen molar-refractivity contribution < 1.29 is 24.5 Å². The van der Waals surface area contributed by atoms with E-state index in [0.717, 1.165) is 39.1 Å². The number of carbonyl (C=O) groups excluding carboxylic acids is 1. The number of aliphatic hydroxyl groups is 2. The van der Waals surface area contributed by atoms with Crippen molar-refractivity contribution in [2.75, 3.05) is 18.1 Å². The minimum Gasteiger partial charge on any atom is -0.396 e. The summed E-state index contributed by atoms with van der Waals surface area (Å²) in [4.78, 5) is 12.0. The number of amides is 1. The smallest absolute Gasteiger partial charge is 0.272 e. The number of nitrogens with one attached hydrogen (secondary N) is 1. The highest BCUT2D eigenvalue weighted by molar-refractivity contribution is 7.99. The molecule has 10 heteroatoms. The predicted molar refractivity (Wildman–Crippen MR) is 161 cm³/mol. The van der Waals surface area contributed by atoms with Crippen LogP contribution in [-0.2, 0) is 27.4 Å². The van der Waals surface area contributed by atoms with Crippen LogP contribution in [-0.4, -0.2) is 44.1 Å². The molecule has 3 aromatic carbocycles. The molecule has 6 nitrogen and oxygen atoms in total. The van der Waals surface area contributed by atoms with Crippen LogP contribution in [0.1, 0.15) is 41.6 Å². The highest BCUT2D eigenvalue weighted by Gasteiger charge is 2.38. The molecule has 1 aliphatic heterocycles. The Morgan fingerprint density at radius 1 is 0.950 bits per heavy atom. The third-order valence-corrected chi connectivity index (χ3v) is 8.40. The van der Waals surface area contributed by atoms with Gasteiger partial charge in [-0.1, -0.05) is 115 Å². The summed E-state index contributed by atoms with van der Waals surface area (Å²) < 4.78 is 10.9. The van der Waals surface area contributed by atoms with Gasteiger partial charge >= 0.3 is 0 Å². The molecule has 1 saturated heterocycles. The largest absolute Gasteiger partial charge is 0.396 e. The molecule has 4 atom stereocenters. The highest BCUT2D eigenvalue weighted by atomic mass is 35.6. The molecule has 0 aliphatic carbocycles. The van der Waals surface area contributed by atoms with Crippen LogP contribution in [0.5, 0.6) is 0 Å². The Kier molecular flexibility index (Phi) is 11.2. The maximum Gasteiger partial charge on any atom is 0.272 e. The molecular weight excluding hydrogens is 593 g/mol. The Bertz CT molecular complexity index is 1250. The van der Waals surface area contributed by atoms with Crippen molar-refractivity contribution in [3.05, 3.63) is 95.1 Å². The molecule has 4 rings (SSSR count). The number of ether oxygens (including phenoxy) is 2. The third kappa shape index (κ3) is 7.93. The molecule has 0 bridgehead atoms.